The minimum Gasteiger partial charge on any atom is -0.465 e. The number of methoxy groups -OCH3 is 1. The van der Waals surface area contributed by atoms with Crippen molar-refractivity contribution in [3.63, 3.8) is 0 Å². The highest BCUT2D eigenvalue weighted by Gasteiger charge is 2.64. The molecule has 10 nitrogen and oxygen atoms in total. The SMILES string of the molecule is CCOC(=O)N1C(=O)C2(C(C(=O)OC)=C(N)Oc3c2c(=O)oc2ccccc32)c2cc(Br)ccc21. The van der Waals surface area contributed by atoms with Gasteiger partial charge in [-0.15, -0.1) is 0 Å². The van der Waals surface area contributed by atoms with Crippen LogP contribution in [0, 0.1) is 0 Å². The summed E-state index contributed by atoms with van der Waals surface area (Å²) in [4.78, 5) is 54.6. The van der Waals surface area contributed by atoms with E-state index in [4.69, 9.17) is 24.4 Å². The number of nitrogens with zero attached hydrogens (tertiary/aromatic N) is 1. The molecule has 2 aromatic carbocycles. The van der Waals surface area contributed by atoms with Crippen molar-refractivity contribution in [3.8, 4) is 5.75 Å². The Labute approximate surface area is 206 Å². The van der Waals surface area contributed by atoms with Gasteiger partial charge in [0.1, 0.15) is 16.7 Å². The predicted octanol–water partition coefficient (Wildman–Crippen LogP) is 3.08. The number of carbonyl (C=O) groups is 3. The minimum atomic E-state index is -2.21. The summed E-state index contributed by atoms with van der Waals surface area (Å²) < 4.78 is 21.9. The summed E-state index contributed by atoms with van der Waals surface area (Å²) in [5, 5.41) is 0.340. The molecule has 2 aliphatic heterocycles. The number of carbonyl (C=O) groups excluding carboxylic acids is 3. The summed E-state index contributed by atoms with van der Waals surface area (Å²) in [5.74, 6) is -2.50. The van der Waals surface area contributed by atoms with Crippen molar-refractivity contribution in [1.29, 1.82) is 0 Å². The molecule has 3 heterocycles. The van der Waals surface area contributed by atoms with E-state index in [0.717, 1.165) is 12.0 Å². The van der Waals surface area contributed by atoms with Crippen LogP contribution in [-0.4, -0.2) is 31.7 Å². The smallest absolute Gasteiger partial charge is 0.421 e. The van der Waals surface area contributed by atoms with Crippen LogP contribution in [0.15, 0.2) is 67.6 Å². The topological polar surface area (TPSA) is 138 Å². The first-order chi connectivity index (χ1) is 16.8. The fraction of sp³-hybridized carbons (Fsp3) is 0.167. The van der Waals surface area contributed by atoms with Crippen molar-refractivity contribution in [2.45, 2.75) is 12.3 Å². The van der Waals surface area contributed by atoms with Gasteiger partial charge in [0.05, 0.1) is 24.8 Å². The maximum Gasteiger partial charge on any atom is 0.421 e. The zero-order chi connectivity index (χ0) is 25.1. The highest BCUT2D eigenvalue weighted by atomic mass is 79.9. The van der Waals surface area contributed by atoms with Gasteiger partial charge in [0, 0.05) is 10.0 Å². The highest BCUT2D eigenvalue weighted by molar-refractivity contribution is 9.10. The molecule has 2 aliphatic rings. The van der Waals surface area contributed by atoms with E-state index in [0.29, 0.717) is 9.86 Å². The van der Waals surface area contributed by atoms with Crippen LogP contribution in [-0.2, 0) is 24.5 Å². The fourth-order valence-corrected chi connectivity index (χ4v) is 4.99. The quantitative estimate of drug-likeness (QED) is 0.383. The van der Waals surface area contributed by atoms with Gasteiger partial charge < -0.3 is 24.4 Å². The number of ether oxygens (including phenoxy) is 3. The van der Waals surface area contributed by atoms with E-state index in [1.807, 2.05) is 0 Å². The summed E-state index contributed by atoms with van der Waals surface area (Å²) >= 11 is 3.37. The number of imide groups is 1. The maximum absolute atomic E-state index is 14.3. The van der Waals surface area contributed by atoms with E-state index in [9.17, 15) is 19.2 Å². The monoisotopic (exact) mass is 540 g/mol. The van der Waals surface area contributed by atoms with Crippen LogP contribution in [0.5, 0.6) is 5.75 Å². The van der Waals surface area contributed by atoms with Gasteiger partial charge in [-0.05, 0) is 37.3 Å². The molecule has 178 valence electrons. The molecule has 1 unspecified atom stereocenters. The van der Waals surface area contributed by atoms with Gasteiger partial charge in [0.25, 0.3) is 5.91 Å². The van der Waals surface area contributed by atoms with Gasteiger partial charge in [-0.1, -0.05) is 28.1 Å². The van der Waals surface area contributed by atoms with Gasteiger partial charge in [-0.2, -0.15) is 0 Å². The predicted molar refractivity (Wildman–Crippen MR) is 126 cm³/mol. The molecule has 0 saturated heterocycles. The molecule has 11 heteroatoms. The van der Waals surface area contributed by atoms with Crippen LogP contribution in [0.25, 0.3) is 11.0 Å². The number of hydrogen-bond acceptors (Lipinski definition) is 9. The largest absolute Gasteiger partial charge is 0.465 e. The number of esters is 1. The van der Waals surface area contributed by atoms with Crippen LogP contribution in [0.1, 0.15) is 18.1 Å². The average molecular weight is 541 g/mol. The second-order valence-electron chi connectivity index (χ2n) is 7.67. The zero-order valence-electron chi connectivity index (χ0n) is 18.4. The molecule has 1 atom stereocenters. The molecule has 0 fully saturated rings. The van der Waals surface area contributed by atoms with Gasteiger partial charge >= 0.3 is 17.7 Å². The molecule has 0 aliphatic carbocycles. The molecule has 2 N–H and O–H groups in total. The molecule has 5 rings (SSSR count). The molecule has 3 aromatic rings. The van der Waals surface area contributed by atoms with Crippen molar-refractivity contribution in [2.24, 2.45) is 5.73 Å². The average Bonchev–Trinajstić information content (AvgIpc) is 3.06. The first-order valence-corrected chi connectivity index (χ1v) is 11.2. The number of fused-ring (bicyclic) bond motifs is 6. The van der Waals surface area contributed by atoms with E-state index >= 15 is 0 Å². The molecular formula is C24H17BrN2O8. The van der Waals surface area contributed by atoms with E-state index in [2.05, 4.69) is 15.9 Å². The van der Waals surface area contributed by atoms with Gasteiger partial charge in [-0.3, -0.25) is 4.79 Å². The van der Waals surface area contributed by atoms with Crippen molar-refractivity contribution in [3.05, 3.63) is 79.9 Å². The molecule has 1 spiro atoms. The fourth-order valence-electron chi connectivity index (χ4n) is 4.63. The number of halogens is 1. The van der Waals surface area contributed by atoms with Gasteiger partial charge in [-0.25, -0.2) is 19.3 Å². The van der Waals surface area contributed by atoms with Crippen molar-refractivity contribution in [2.75, 3.05) is 18.6 Å². The van der Waals surface area contributed by atoms with Crippen molar-refractivity contribution in [1.82, 2.24) is 0 Å². The third-order valence-corrected chi connectivity index (χ3v) is 6.43. The lowest BCUT2D eigenvalue weighted by atomic mass is 9.68. The molecular weight excluding hydrogens is 524 g/mol. The summed E-state index contributed by atoms with van der Waals surface area (Å²) in [6.45, 7) is 1.56. The Hall–Kier alpha value is -4.12. The Morgan fingerprint density at radius 1 is 1.17 bits per heavy atom. The minimum absolute atomic E-state index is 0.0181. The first-order valence-electron chi connectivity index (χ1n) is 10.4. The Bertz CT molecular complexity index is 1540. The highest BCUT2D eigenvalue weighted by Crippen LogP contribution is 2.56. The lowest BCUT2D eigenvalue weighted by molar-refractivity contribution is -0.138. The van der Waals surface area contributed by atoms with E-state index in [-0.39, 0.29) is 34.8 Å². The summed E-state index contributed by atoms with van der Waals surface area (Å²) in [5.41, 5.74) is 2.73. The second-order valence-corrected chi connectivity index (χ2v) is 8.59. The third-order valence-electron chi connectivity index (χ3n) is 5.94. The lowest BCUT2D eigenvalue weighted by Gasteiger charge is -2.34. The molecule has 0 saturated carbocycles. The molecule has 1 aromatic heterocycles. The third kappa shape index (κ3) is 2.94. The van der Waals surface area contributed by atoms with E-state index in [1.54, 1.807) is 37.3 Å². The normalized spacial score (nSPS) is 18.4. The Balaban J connectivity index is 1.99. The molecule has 0 radical (unpaired) electrons. The van der Waals surface area contributed by atoms with E-state index < -0.39 is 40.5 Å². The van der Waals surface area contributed by atoms with Crippen LogP contribution in [0.3, 0.4) is 0 Å². The standard InChI is InChI=1S/C24H17BrN2O8/c1-3-33-23(31)27-14-9-8-11(25)10-13(14)24(22(27)30)16-18(35-19(26)17(24)20(28)32-2)12-6-4-5-7-15(12)34-21(16)29/h4-10H,3,26H2,1-2H3. The number of amides is 2. The zero-order valence-corrected chi connectivity index (χ0v) is 20.0. The molecule has 35 heavy (non-hydrogen) atoms. The van der Waals surface area contributed by atoms with Gasteiger partial charge in [0.2, 0.25) is 5.88 Å². The van der Waals surface area contributed by atoms with Crippen LogP contribution in [0.4, 0.5) is 10.5 Å². The summed E-state index contributed by atoms with van der Waals surface area (Å²) in [6, 6.07) is 11.1. The Kier molecular flexibility index (Phi) is 5.17. The molecule has 2 amide bonds. The van der Waals surface area contributed by atoms with Crippen LogP contribution in [0.2, 0.25) is 0 Å². The maximum atomic E-state index is 14.3. The lowest BCUT2D eigenvalue weighted by Crippen LogP contribution is -2.52. The number of rotatable bonds is 2. The number of nitrogens with two attached hydrogens (primary N) is 1. The number of anilines is 1. The van der Waals surface area contributed by atoms with Crippen LogP contribution >= 0.6 is 15.9 Å². The van der Waals surface area contributed by atoms with Crippen molar-refractivity contribution >= 4 is 50.6 Å². The summed E-state index contributed by atoms with van der Waals surface area (Å²) in [6.07, 6.45) is -0.987. The van der Waals surface area contributed by atoms with E-state index in [1.165, 1.54) is 12.1 Å². The Morgan fingerprint density at radius 3 is 2.63 bits per heavy atom. The number of para-hydroxylation sites is 1. The van der Waals surface area contributed by atoms with Crippen LogP contribution < -0.4 is 21.0 Å². The van der Waals surface area contributed by atoms with Gasteiger partial charge in [0.15, 0.2) is 11.2 Å². The number of benzene rings is 2. The first kappa shape index (κ1) is 22.7. The van der Waals surface area contributed by atoms with Crippen molar-refractivity contribution < 1.29 is 33.0 Å². The molecule has 0 bridgehead atoms. The second kappa shape index (κ2) is 7.98. The Morgan fingerprint density at radius 2 is 1.91 bits per heavy atom. The number of hydrogen-bond donors (Lipinski definition) is 1. The summed E-state index contributed by atoms with van der Waals surface area (Å²) in [7, 11) is 1.10.